The van der Waals surface area contributed by atoms with Crippen molar-refractivity contribution in [2.75, 3.05) is 0 Å². The normalized spacial score (nSPS) is 19.3. The Morgan fingerprint density at radius 3 is 2.16 bits per heavy atom. The Morgan fingerprint density at radius 2 is 1.55 bits per heavy atom. The standard InChI is InChI=1S/C19H15ClF5NO4S/c20-11-6-12(21)10(16-13(22)7-14(23)17(24)18(16)25)5-15(11)31(29,30)26-19(28)8-1-3-9(27)4-2-8/h5-9,27H,1-4H2,(H,26,28)/t8-,9-. The van der Waals surface area contributed by atoms with Crippen molar-refractivity contribution in [2.24, 2.45) is 5.92 Å². The molecule has 0 unspecified atom stereocenters. The lowest BCUT2D eigenvalue weighted by Gasteiger charge is -2.24. The summed E-state index contributed by atoms with van der Waals surface area (Å²) in [5.41, 5.74) is -2.37. The van der Waals surface area contributed by atoms with Gasteiger partial charge in [0.1, 0.15) is 16.5 Å². The summed E-state index contributed by atoms with van der Waals surface area (Å²) in [6.45, 7) is 0. The predicted octanol–water partition coefficient (Wildman–Crippen LogP) is 4.06. The molecule has 5 nitrogen and oxygen atoms in total. The van der Waals surface area contributed by atoms with E-state index >= 15 is 0 Å². The molecule has 31 heavy (non-hydrogen) atoms. The molecule has 0 heterocycles. The van der Waals surface area contributed by atoms with Crippen LogP contribution in [0.2, 0.25) is 5.02 Å². The molecule has 0 atom stereocenters. The minimum Gasteiger partial charge on any atom is -0.393 e. The number of hydrogen-bond acceptors (Lipinski definition) is 4. The van der Waals surface area contributed by atoms with E-state index in [9.17, 15) is 40.3 Å². The fourth-order valence-corrected chi connectivity index (χ4v) is 4.93. The summed E-state index contributed by atoms with van der Waals surface area (Å²) < 4.78 is 96.3. The minimum absolute atomic E-state index is 0.0186. The van der Waals surface area contributed by atoms with Crippen molar-refractivity contribution in [3.8, 4) is 11.1 Å². The summed E-state index contributed by atoms with van der Waals surface area (Å²) in [6.07, 6.45) is 0.477. The maximum Gasteiger partial charge on any atom is 0.265 e. The van der Waals surface area contributed by atoms with Crippen LogP contribution in [0, 0.1) is 35.0 Å². The van der Waals surface area contributed by atoms with Crippen molar-refractivity contribution in [2.45, 2.75) is 36.7 Å². The van der Waals surface area contributed by atoms with Crippen molar-refractivity contribution in [3.63, 3.8) is 0 Å². The first-order valence-electron chi connectivity index (χ1n) is 8.99. The Balaban J connectivity index is 2.02. The van der Waals surface area contributed by atoms with Gasteiger partial charge in [-0.3, -0.25) is 4.79 Å². The van der Waals surface area contributed by atoms with Crippen LogP contribution in [0.25, 0.3) is 11.1 Å². The molecular formula is C19H15ClF5NO4S. The molecular weight excluding hydrogens is 469 g/mol. The smallest absolute Gasteiger partial charge is 0.265 e. The first-order chi connectivity index (χ1) is 14.4. The van der Waals surface area contributed by atoms with E-state index in [0.717, 1.165) is 0 Å². The Bertz CT molecular complexity index is 1150. The van der Waals surface area contributed by atoms with Crippen molar-refractivity contribution >= 4 is 27.5 Å². The summed E-state index contributed by atoms with van der Waals surface area (Å²) in [5.74, 6) is -10.7. The zero-order chi connectivity index (χ0) is 23.1. The maximum atomic E-state index is 14.3. The Kier molecular flexibility index (Phi) is 6.59. The third kappa shape index (κ3) is 4.68. The number of benzene rings is 2. The monoisotopic (exact) mass is 483 g/mol. The van der Waals surface area contributed by atoms with Gasteiger partial charge in [0.25, 0.3) is 10.0 Å². The highest BCUT2D eigenvalue weighted by molar-refractivity contribution is 7.90. The zero-order valence-corrected chi connectivity index (χ0v) is 17.1. The molecule has 168 valence electrons. The first kappa shape index (κ1) is 23.4. The van der Waals surface area contributed by atoms with Gasteiger partial charge < -0.3 is 5.11 Å². The van der Waals surface area contributed by atoms with Gasteiger partial charge in [-0.1, -0.05) is 11.6 Å². The van der Waals surface area contributed by atoms with E-state index in [1.165, 1.54) is 0 Å². The minimum atomic E-state index is -4.72. The van der Waals surface area contributed by atoms with Gasteiger partial charge >= 0.3 is 0 Å². The molecule has 1 amide bonds. The number of aliphatic hydroxyl groups excluding tert-OH is 1. The lowest BCUT2D eigenvalue weighted by Crippen LogP contribution is -2.38. The molecule has 1 fully saturated rings. The second-order valence-electron chi connectivity index (χ2n) is 7.08. The molecule has 0 aromatic heterocycles. The van der Waals surface area contributed by atoms with E-state index < -0.39 is 78.1 Å². The highest BCUT2D eigenvalue weighted by Gasteiger charge is 2.31. The van der Waals surface area contributed by atoms with Gasteiger partial charge in [-0.2, -0.15) is 0 Å². The fraction of sp³-hybridized carbons (Fsp3) is 0.316. The Hall–Kier alpha value is -2.24. The number of hydrogen-bond donors (Lipinski definition) is 2. The van der Waals surface area contributed by atoms with Gasteiger partial charge in [-0.25, -0.2) is 35.1 Å². The van der Waals surface area contributed by atoms with E-state index in [2.05, 4.69) is 0 Å². The van der Waals surface area contributed by atoms with Gasteiger partial charge in [-0.15, -0.1) is 0 Å². The molecule has 0 saturated heterocycles. The molecule has 1 aliphatic rings. The van der Waals surface area contributed by atoms with Crippen LogP contribution in [0.1, 0.15) is 25.7 Å². The molecule has 12 heteroatoms. The van der Waals surface area contributed by atoms with E-state index in [0.29, 0.717) is 25.0 Å². The molecule has 0 bridgehead atoms. The van der Waals surface area contributed by atoms with Crippen LogP contribution in [0.3, 0.4) is 0 Å². The highest BCUT2D eigenvalue weighted by Crippen LogP contribution is 2.35. The third-order valence-electron chi connectivity index (χ3n) is 5.00. The molecule has 2 aromatic carbocycles. The summed E-state index contributed by atoms with van der Waals surface area (Å²) in [6, 6.07) is 0.832. The van der Waals surface area contributed by atoms with Gasteiger partial charge in [0.2, 0.25) is 5.91 Å². The van der Waals surface area contributed by atoms with Crippen LogP contribution in [-0.2, 0) is 14.8 Å². The van der Waals surface area contributed by atoms with Crippen LogP contribution in [0.4, 0.5) is 22.0 Å². The Morgan fingerprint density at radius 1 is 0.935 bits per heavy atom. The molecule has 0 spiro atoms. The third-order valence-corrected chi connectivity index (χ3v) is 6.81. The number of amides is 1. The highest BCUT2D eigenvalue weighted by atomic mass is 35.5. The number of halogens is 6. The second-order valence-corrected chi connectivity index (χ2v) is 9.14. The van der Waals surface area contributed by atoms with Crippen molar-refractivity contribution < 1.29 is 40.3 Å². The summed E-state index contributed by atoms with van der Waals surface area (Å²) in [5, 5.41) is 8.78. The second kappa shape index (κ2) is 8.71. The Labute approximate surface area is 178 Å². The number of carbonyl (C=O) groups is 1. The summed E-state index contributed by atoms with van der Waals surface area (Å²) in [4.78, 5) is 11.4. The molecule has 2 aromatic rings. The van der Waals surface area contributed by atoms with E-state index in [-0.39, 0.29) is 18.9 Å². The van der Waals surface area contributed by atoms with Crippen molar-refractivity contribution in [1.82, 2.24) is 4.72 Å². The predicted molar refractivity (Wildman–Crippen MR) is 100.0 cm³/mol. The number of nitrogens with one attached hydrogen (secondary N) is 1. The molecule has 0 aliphatic heterocycles. The van der Waals surface area contributed by atoms with Crippen LogP contribution >= 0.6 is 11.6 Å². The van der Waals surface area contributed by atoms with E-state index in [4.69, 9.17) is 11.6 Å². The van der Waals surface area contributed by atoms with Crippen LogP contribution in [0.5, 0.6) is 0 Å². The van der Waals surface area contributed by atoms with Gasteiger partial charge in [0, 0.05) is 17.5 Å². The summed E-state index contributed by atoms with van der Waals surface area (Å²) in [7, 11) is -4.72. The molecule has 2 N–H and O–H groups in total. The average Bonchev–Trinajstić information content (AvgIpc) is 2.67. The van der Waals surface area contributed by atoms with E-state index in [1.54, 1.807) is 4.72 Å². The SMILES string of the molecule is O=C(NS(=O)(=O)c1cc(-c2c(F)cc(F)c(F)c2F)c(F)cc1Cl)[C@H]1CC[C@H](O)CC1. The molecule has 1 saturated carbocycles. The molecule has 1 aliphatic carbocycles. The van der Waals surface area contributed by atoms with Gasteiger partial charge in [0.05, 0.1) is 16.7 Å². The molecule has 0 radical (unpaired) electrons. The number of rotatable bonds is 4. The van der Waals surface area contributed by atoms with Crippen molar-refractivity contribution in [1.29, 1.82) is 0 Å². The van der Waals surface area contributed by atoms with Crippen LogP contribution < -0.4 is 4.72 Å². The van der Waals surface area contributed by atoms with Crippen LogP contribution in [-0.4, -0.2) is 25.5 Å². The molecule has 3 rings (SSSR count). The van der Waals surface area contributed by atoms with Gasteiger partial charge in [0.15, 0.2) is 17.5 Å². The lowest BCUT2D eigenvalue weighted by atomic mass is 9.87. The fourth-order valence-electron chi connectivity index (χ4n) is 3.35. The number of sulfonamides is 1. The lowest BCUT2D eigenvalue weighted by molar-refractivity contribution is -0.124. The maximum absolute atomic E-state index is 14.3. The zero-order valence-electron chi connectivity index (χ0n) is 15.6. The van der Waals surface area contributed by atoms with Crippen LogP contribution in [0.15, 0.2) is 23.1 Å². The van der Waals surface area contributed by atoms with Gasteiger partial charge in [-0.05, 0) is 37.8 Å². The summed E-state index contributed by atoms with van der Waals surface area (Å²) >= 11 is 5.77. The van der Waals surface area contributed by atoms with Crippen molar-refractivity contribution in [3.05, 3.63) is 52.3 Å². The quantitative estimate of drug-likeness (QED) is 0.390. The topological polar surface area (TPSA) is 83.5 Å². The average molecular weight is 484 g/mol. The first-order valence-corrected chi connectivity index (χ1v) is 10.9. The number of carbonyl (C=O) groups excluding carboxylic acids is 1. The number of aliphatic hydroxyl groups is 1. The van der Waals surface area contributed by atoms with E-state index in [1.807, 2.05) is 0 Å². The largest absolute Gasteiger partial charge is 0.393 e.